The molecule has 1 heterocycles. The fourth-order valence-corrected chi connectivity index (χ4v) is 2.16. The summed E-state index contributed by atoms with van der Waals surface area (Å²) < 4.78 is 5.15. The zero-order valence-corrected chi connectivity index (χ0v) is 11.1. The molecule has 0 bridgehead atoms. The second kappa shape index (κ2) is 7.04. The summed E-state index contributed by atoms with van der Waals surface area (Å²) in [5, 5.41) is 3.46. The lowest BCUT2D eigenvalue weighted by Crippen LogP contribution is -2.25. The van der Waals surface area contributed by atoms with E-state index >= 15 is 0 Å². The summed E-state index contributed by atoms with van der Waals surface area (Å²) in [4.78, 5) is 4.57. The van der Waals surface area contributed by atoms with Crippen molar-refractivity contribution in [3.63, 3.8) is 0 Å². The van der Waals surface area contributed by atoms with Gasteiger partial charge in [0, 0.05) is 19.5 Å². The van der Waals surface area contributed by atoms with E-state index in [-0.39, 0.29) is 0 Å². The van der Waals surface area contributed by atoms with Crippen molar-refractivity contribution in [2.24, 2.45) is 4.99 Å². The number of rotatable bonds is 4. The molecule has 3 nitrogen and oxygen atoms in total. The second-order valence-electron chi connectivity index (χ2n) is 4.66. The van der Waals surface area contributed by atoms with E-state index in [9.17, 15) is 0 Å². The summed E-state index contributed by atoms with van der Waals surface area (Å²) in [6.45, 7) is 1.95. The maximum absolute atomic E-state index is 5.15. The van der Waals surface area contributed by atoms with Crippen LogP contribution in [0.2, 0.25) is 0 Å². The zero-order chi connectivity index (χ0) is 12.6. The molecule has 0 unspecified atom stereocenters. The number of nitrogens with one attached hydrogen (secondary N) is 1. The highest BCUT2D eigenvalue weighted by atomic mass is 16.5. The third kappa shape index (κ3) is 4.06. The molecule has 0 atom stereocenters. The minimum Gasteiger partial charge on any atom is -0.497 e. The molecule has 18 heavy (non-hydrogen) atoms. The Morgan fingerprint density at radius 1 is 1.17 bits per heavy atom. The van der Waals surface area contributed by atoms with Crippen LogP contribution in [0.1, 0.15) is 31.2 Å². The Hall–Kier alpha value is -1.51. The molecule has 0 saturated heterocycles. The van der Waals surface area contributed by atoms with E-state index in [1.54, 1.807) is 7.11 Å². The Balaban J connectivity index is 1.75. The van der Waals surface area contributed by atoms with Crippen molar-refractivity contribution >= 4 is 5.84 Å². The maximum atomic E-state index is 5.15. The Morgan fingerprint density at radius 2 is 2.00 bits per heavy atom. The van der Waals surface area contributed by atoms with Crippen molar-refractivity contribution in [1.82, 2.24) is 5.32 Å². The summed E-state index contributed by atoms with van der Waals surface area (Å²) in [5.41, 5.74) is 1.33. The Morgan fingerprint density at radius 3 is 2.78 bits per heavy atom. The van der Waals surface area contributed by atoms with Gasteiger partial charge in [-0.25, -0.2) is 0 Å². The summed E-state index contributed by atoms with van der Waals surface area (Å²) in [6.07, 6.45) is 5.97. The van der Waals surface area contributed by atoms with E-state index in [1.165, 1.54) is 30.7 Å². The first kappa shape index (κ1) is 12.9. The van der Waals surface area contributed by atoms with E-state index in [4.69, 9.17) is 4.74 Å². The van der Waals surface area contributed by atoms with Gasteiger partial charge in [0.25, 0.3) is 0 Å². The minimum atomic E-state index is 0.917. The van der Waals surface area contributed by atoms with Gasteiger partial charge in [-0.15, -0.1) is 0 Å². The van der Waals surface area contributed by atoms with Crippen molar-refractivity contribution in [2.75, 3.05) is 20.2 Å². The molecule has 2 rings (SSSR count). The number of nitrogens with zero attached hydrogens (tertiary/aromatic N) is 1. The zero-order valence-electron chi connectivity index (χ0n) is 11.1. The number of amidine groups is 1. The summed E-state index contributed by atoms with van der Waals surface area (Å²) >= 11 is 0. The van der Waals surface area contributed by atoms with Gasteiger partial charge in [-0.05, 0) is 37.0 Å². The quantitative estimate of drug-likeness (QED) is 0.886. The lowest BCUT2D eigenvalue weighted by atomic mass is 10.1. The molecular weight excluding hydrogens is 224 g/mol. The van der Waals surface area contributed by atoms with E-state index in [0.717, 1.165) is 31.7 Å². The summed E-state index contributed by atoms with van der Waals surface area (Å²) in [6, 6.07) is 8.27. The van der Waals surface area contributed by atoms with Crippen LogP contribution >= 0.6 is 0 Å². The Bertz CT molecular complexity index is 384. The van der Waals surface area contributed by atoms with Gasteiger partial charge in [-0.2, -0.15) is 0 Å². The molecule has 1 aromatic carbocycles. The van der Waals surface area contributed by atoms with Gasteiger partial charge in [-0.1, -0.05) is 18.6 Å². The fourth-order valence-electron chi connectivity index (χ4n) is 2.16. The molecule has 0 spiro atoms. The van der Waals surface area contributed by atoms with Crippen LogP contribution in [0.5, 0.6) is 5.75 Å². The third-order valence-electron chi connectivity index (χ3n) is 3.28. The van der Waals surface area contributed by atoms with E-state index < -0.39 is 0 Å². The molecule has 0 fully saturated rings. The van der Waals surface area contributed by atoms with Crippen LogP contribution in [-0.4, -0.2) is 26.0 Å². The number of benzene rings is 1. The average Bonchev–Trinajstić information content (AvgIpc) is 2.68. The molecule has 0 radical (unpaired) electrons. The van der Waals surface area contributed by atoms with Crippen LogP contribution in [0.4, 0.5) is 0 Å². The Labute approximate surface area is 109 Å². The smallest absolute Gasteiger partial charge is 0.118 e. The van der Waals surface area contributed by atoms with Crippen molar-refractivity contribution in [1.29, 1.82) is 0 Å². The normalized spacial score (nSPS) is 15.7. The first-order valence-electron chi connectivity index (χ1n) is 6.78. The van der Waals surface area contributed by atoms with Crippen molar-refractivity contribution in [3.05, 3.63) is 29.8 Å². The average molecular weight is 246 g/mol. The van der Waals surface area contributed by atoms with Crippen LogP contribution in [-0.2, 0) is 6.42 Å². The molecule has 0 aromatic heterocycles. The van der Waals surface area contributed by atoms with Crippen LogP contribution in [0, 0.1) is 0 Å². The predicted octanol–water partition coefficient (Wildman–Crippen LogP) is 2.80. The van der Waals surface area contributed by atoms with Crippen LogP contribution < -0.4 is 10.1 Å². The van der Waals surface area contributed by atoms with E-state index in [1.807, 2.05) is 12.1 Å². The van der Waals surface area contributed by atoms with Gasteiger partial charge in [0.05, 0.1) is 12.9 Å². The molecule has 0 saturated carbocycles. The molecule has 1 aliphatic rings. The van der Waals surface area contributed by atoms with Gasteiger partial charge < -0.3 is 10.1 Å². The van der Waals surface area contributed by atoms with E-state index in [2.05, 4.69) is 22.4 Å². The lowest BCUT2D eigenvalue weighted by molar-refractivity contribution is 0.414. The number of methoxy groups -OCH3 is 1. The van der Waals surface area contributed by atoms with Crippen molar-refractivity contribution < 1.29 is 4.74 Å². The molecule has 98 valence electrons. The molecule has 0 aliphatic carbocycles. The highest BCUT2D eigenvalue weighted by Crippen LogP contribution is 2.11. The fraction of sp³-hybridized carbons (Fsp3) is 0.533. The second-order valence-corrected chi connectivity index (χ2v) is 4.66. The first-order chi connectivity index (χ1) is 8.88. The monoisotopic (exact) mass is 246 g/mol. The predicted molar refractivity (Wildman–Crippen MR) is 75.5 cm³/mol. The summed E-state index contributed by atoms with van der Waals surface area (Å²) in [7, 11) is 1.70. The molecular formula is C15H22N2O. The van der Waals surface area contributed by atoms with Gasteiger partial charge in [0.2, 0.25) is 0 Å². The van der Waals surface area contributed by atoms with Gasteiger partial charge in [0.15, 0.2) is 0 Å². The van der Waals surface area contributed by atoms with E-state index in [0.29, 0.717) is 0 Å². The highest BCUT2D eigenvalue weighted by molar-refractivity contribution is 5.82. The molecule has 1 N–H and O–H groups in total. The standard InChI is InChI=1S/C15H22N2O/c1-18-14-8-6-13(7-9-14)10-12-17-15-5-3-2-4-11-16-15/h6-9H,2-5,10-12H2,1H3,(H,16,17). The summed E-state index contributed by atoms with van der Waals surface area (Å²) in [5.74, 6) is 2.11. The maximum Gasteiger partial charge on any atom is 0.118 e. The molecule has 0 amide bonds. The number of hydrogen-bond donors (Lipinski definition) is 1. The molecule has 1 aromatic rings. The van der Waals surface area contributed by atoms with Gasteiger partial charge in [-0.3, -0.25) is 4.99 Å². The largest absolute Gasteiger partial charge is 0.497 e. The number of aliphatic imine (C=N–C) groups is 1. The van der Waals surface area contributed by atoms with Crippen LogP contribution in [0.3, 0.4) is 0 Å². The highest BCUT2D eigenvalue weighted by Gasteiger charge is 2.03. The van der Waals surface area contributed by atoms with Gasteiger partial charge >= 0.3 is 0 Å². The SMILES string of the molecule is COc1ccc(CCNC2=NCCCCC2)cc1. The third-order valence-corrected chi connectivity index (χ3v) is 3.28. The topological polar surface area (TPSA) is 33.6 Å². The minimum absolute atomic E-state index is 0.917. The lowest BCUT2D eigenvalue weighted by Gasteiger charge is -2.08. The van der Waals surface area contributed by atoms with Crippen LogP contribution in [0.15, 0.2) is 29.3 Å². The molecule has 1 aliphatic heterocycles. The number of ether oxygens (including phenoxy) is 1. The van der Waals surface area contributed by atoms with Gasteiger partial charge in [0.1, 0.15) is 5.75 Å². The van der Waals surface area contributed by atoms with Crippen LogP contribution in [0.25, 0.3) is 0 Å². The van der Waals surface area contributed by atoms with Crippen molar-refractivity contribution in [2.45, 2.75) is 32.1 Å². The Kier molecular flexibility index (Phi) is 5.06. The first-order valence-corrected chi connectivity index (χ1v) is 6.78. The van der Waals surface area contributed by atoms with Crippen molar-refractivity contribution in [3.8, 4) is 5.75 Å². The molecule has 3 heteroatoms. The number of hydrogen-bond acceptors (Lipinski definition) is 3.